The van der Waals surface area contributed by atoms with Crippen LogP contribution >= 0.6 is 22.6 Å². The fourth-order valence-corrected chi connectivity index (χ4v) is 3.55. The molecule has 0 aliphatic carbocycles. The lowest BCUT2D eigenvalue weighted by molar-refractivity contribution is 0.397. The highest BCUT2D eigenvalue weighted by molar-refractivity contribution is 14.1. The minimum atomic E-state index is 0.650. The molecule has 1 aliphatic rings. The van der Waals surface area contributed by atoms with Crippen LogP contribution in [0.3, 0.4) is 0 Å². The number of ether oxygens (including phenoxy) is 1. The van der Waals surface area contributed by atoms with Crippen molar-refractivity contribution in [1.82, 2.24) is 9.97 Å². The summed E-state index contributed by atoms with van der Waals surface area (Å²) in [5, 5.41) is 0. The van der Waals surface area contributed by atoms with Crippen molar-refractivity contribution in [2.24, 2.45) is 0 Å². The average Bonchev–Trinajstić information content (AvgIpc) is 2.82. The molecule has 4 nitrogen and oxygen atoms in total. The quantitative estimate of drug-likeness (QED) is 0.748. The van der Waals surface area contributed by atoms with Gasteiger partial charge in [-0.25, -0.2) is 9.97 Å². The Labute approximate surface area is 132 Å². The molecule has 0 radical (unpaired) electrons. The molecule has 0 unspecified atom stereocenters. The Morgan fingerprint density at radius 3 is 2.75 bits per heavy atom. The van der Waals surface area contributed by atoms with E-state index in [1.165, 1.54) is 9.13 Å². The second kappa shape index (κ2) is 5.20. The van der Waals surface area contributed by atoms with Crippen molar-refractivity contribution in [3.05, 3.63) is 38.7 Å². The van der Waals surface area contributed by atoms with E-state index in [2.05, 4.69) is 44.6 Å². The summed E-state index contributed by atoms with van der Waals surface area (Å²) in [5.41, 5.74) is 4.47. The fraction of sp³-hybridized carbons (Fsp3) is 0.333. The Bertz CT molecular complexity index is 672. The van der Waals surface area contributed by atoms with E-state index in [4.69, 9.17) is 9.72 Å². The maximum Gasteiger partial charge on any atom is 0.213 e. The molecule has 3 rings (SSSR count). The molecule has 0 atom stereocenters. The molecule has 0 N–H and O–H groups in total. The Balaban J connectivity index is 2.07. The number of anilines is 2. The predicted molar refractivity (Wildman–Crippen MR) is 87.9 cm³/mol. The van der Waals surface area contributed by atoms with Crippen LogP contribution in [0, 0.1) is 17.4 Å². The van der Waals surface area contributed by atoms with Crippen LogP contribution in [0.25, 0.3) is 0 Å². The van der Waals surface area contributed by atoms with Crippen LogP contribution in [0.2, 0.25) is 0 Å². The van der Waals surface area contributed by atoms with Gasteiger partial charge in [0.1, 0.15) is 5.82 Å². The number of aromatic nitrogens is 2. The molecule has 20 heavy (non-hydrogen) atoms. The molecule has 0 saturated heterocycles. The van der Waals surface area contributed by atoms with Gasteiger partial charge in [-0.15, -0.1) is 0 Å². The standard InChI is InChI=1S/C15H16IN3O/c1-9-8-12(16)11-6-7-19(15(11)17-9)13-4-5-14(20-3)18-10(13)2/h4-5,8H,6-7H2,1-3H3. The van der Waals surface area contributed by atoms with E-state index >= 15 is 0 Å². The summed E-state index contributed by atoms with van der Waals surface area (Å²) in [7, 11) is 1.64. The topological polar surface area (TPSA) is 38.2 Å². The zero-order valence-corrected chi connectivity index (χ0v) is 13.9. The molecule has 0 spiro atoms. The third kappa shape index (κ3) is 2.24. The van der Waals surface area contributed by atoms with Crippen LogP contribution in [0.4, 0.5) is 11.5 Å². The monoisotopic (exact) mass is 381 g/mol. The molecular formula is C15H16IN3O. The van der Waals surface area contributed by atoms with Gasteiger partial charge in [0.05, 0.1) is 18.5 Å². The number of methoxy groups -OCH3 is 1. The second-order valence-corrected chi connectivity index (χ2v) is 6.07. The first-order chi connectivity index (χ1) is 9.60. The average molecular weight is 381 g/mol. The first kappa shape index (κ1) is 13.6. The van der Waals surface area contributed by atoms with Crippen LogP contribution in [-0.2, 0) is 6.42 Å². The van der Waals surface area contributed by atoms with E-state index in [1.54, 1.807) is 7.11 Å². The zero-order chi connectivity index (χ0) is 14.3. The molecule has 0 fully saturated rings. The van der Waals surface area contributed by atoms with Gasteiger partial charge in [-0.3, -0.25) is 0 Å². The molecular weight excluding hydrogens is 365 g/mol. The van der Waals surface area contributed by atoms with E-state index in [-0.39, 0.29) is 0 Å². The van der Waals surface area contributed by atoms with Crippen molar-refractivity contribution in [3.8, 4) is 5.88 Å². The SMILES string of the molecule is COc1ccc(N2CCc3c(I)cc(C)nc32)c(C)n1. The smallest absolute Gasteiger partial charge is 0.213 e. The predicted octanol–water partition coefficient (Wildman–Crippen LogP) is 3.40. The minimum Gasteiger partial charge on any atom is -0.481 e. The van der Waals surface area contributed by atoms with E-state index in [9.17, 15) is 0 Å². The minimum absolute atomic E-state index is 0.650. The van der Waals surface area contributed by atoms with Gasteiger partial charge in [0.2, 0.25) is 5.88 Å². The second-order valence-electron chi connectivity index (χ2n) is 4.91. The molecule has 1 aliphatic heterocycles. The van der Waals surface area contributed by atoms with Gasteiger partial charge < -0.3 is 9.64 Å². The number of fused-ring (bicyclic) bond motifs is 1. The molecule has 2 aromatic rings. The van der Waals surface area contributed by atoms with Crippen LogP contribution < -0.4 is 9.64 Å². The summed E-state index contributed by atoms with van der Waals surface area (Å²) in [6.45, 7) is 5.01. The highest BCUT2D eigenvalue weighted by atomic mass is 127. The first-order valence-corrected chi connectivity index (χ1v) is 7.63. The van der Waals surface area contributed by atoms with E-state index in [0.29, 0.717) is 5.88 Å². The van der Waals surface area contributed by atoms with Crippen LogP contribution in [0.1, 0.15) is 17.0 Å². The summed E-state index contributed by atoms with van der Waals surface area (Å²) in [5.74, 6) is 1.72. The fourth-order valence-electron chi connectivity index (χ4n) is 2.59. The number of pyridine rings is 2. The maximum atomic E-state index is 5.17. The lowest BCUT2D eigenvalue weighted by Gasteiger charge is -2.21. The van der Waals surface area contributed by atoms with E-state index in [1.807, 2.05) is 19.9 Å². The molecule has 0 saturated carbocycles. The Morgan fingerprint density at radius 1 is 1.25 bits per heavy atom. The van der Waals surface area contributed by atoms with E-state index in [0.717, 1.165) is 35.9 Å². The largest absolute Gasteiger partial charge is 0.481 e. The van der Waals surface area contributed by atoms with Crippen molar-refractivity contribution in [2.75, 3.05) is 18.6 Å². The summed E-state index contributed by atoms with van der Waals surface area (Å²) in [6.07, 6.45) is 1.03. The number of halogens is 1. The number of hydrogen-bond donors (Lipinski definition) is 0. The normalized spacial score (nSPS) is 13.5. The van der Waals surface area contributed by atoms with Crippen molar-refractivity contribution in [2.45, 2.75) is 20.3 Å². The molecule has 104 valence electrons. The molecule has 0 bridgehead atoms. The number of nitrogens with zero attached hydrogens (tertiary/aromatic N) is 3. The van der Waals surface area contributed by atoms with Gasteiger partial charge in [0.15, 0.2) is 0 Å². The first-order valence-electron chi connectivity index (χ1n) is 6.55. The van der Waals surface area contributed by atoms with Crippen molar-refractivity contribution in [3.63, 3.8) is 0 Å². The van der Waals surface area contributed by atoms with E-state index < -0.39 is 0 Å². The Hall–Kier alpha value is -1.37. The van der Waals surface area contributed by atoms with Gasteiger partial charge >= 0.3 is 0 Å². The summed E-state index contributed by atoms with van der Waals surface area (Å²) in [4.78, 5) is 11.4. The Morgan fingerprint density at radius 2 is 2.05 bits per heavy atom. The molecule has 3 heterocycles. The number of aryl methyl sites for hydroxylation is 2. The Kier molecular flexibility index (Phi) is 3.54. The summed E-state index contributed by atoms with van der Waals surface area (Å²) >= 11 is 2.40. The van der Waals surface area contributed by atoms with Gasteiger partial charge in [0.25, 0.3) is 0 Å². The third-order valence-corrected chi connectivity index (χ3v) is 4.51. The highest BCUT2D eigenvalue weighted by Gasteiger charge is 2.25. The summed E-state index contributed by atoms with van der Waals surface area (Å²) < 4.78 is 6.47. The van der Waals surface area contributed by atoms with Gasteiger partial charge in [0, 0.05) is 27.4 Å². The number of hydrogen-bond acceptors (Lipinski definition) is 4. The van der Waals surface area contributed by atoms with Crippen molar-refractivity contribution < 1.29 is 4.74 Å². The lowest BCUT2D eigenvalue weighted by Crippen LogP contribution is -2.16. The lowest BCUT2D eigenvalue weighted by atomic mass is 10.2. The van der Waals surface area contributed by atoms with Crippen LogP contribution in [-0.4, -0.2) is 23.6 Å². The van der Waals surface area contributed by atoms with Crippen molar-refractivity contribution >= 4 is 34.1 Å². The molecule has 5 heteroatoms. The zero-order valence-electron chi connectivity index (χ0n) is 11.8. The van der Waals surface area contributed by atoms with Crippen LogP contribution in [0.15, 0.2) is 18.2 Å². The van der Waals surface area contributed by atoms with Crippen LogP contribution in [0.5, 0.6) is 5.88 Å². The molecule has 2 aromatic heterocycles. The van der Waals surface area contributed by atoms with Gasteiger partial charge in [-0.2, -0.15) is 0 Å². The third-order valence-electron chi connectivity index (χ3n) is 3.55. The number of rotatable bonds is 2. The van der Waals surface area contributed by atoms with Gasteiger partial charge in [-0.1, -0.05) is 0 Å². The molecule has 0 amide bonds. The van der Waals surface area contributed by atoms with Crippen molar-refractivity contribution in [1.29, 1.82) is 0 Å². The maximum absolute atomic E-state index is 5.17. The highest BCUT2D eigenvalue weighted by Crippen LogP contribution is 2.37. The summed E-state index contributed by atoms with van der Waals surface area (Å²) in [6, 6.07) is 6.11. The molecule has 0 aromatic carbocycles. The van der Waals surface area contributed by atoms with Gasteiger partial charge in [-0.05, 0) is 55.0 Å².